The van der Waals surface area contributed by atoms with Gasteiger partial charge in [-0.3, -0.25) is 4.79 Å². The number of nitrogens with one attached hydrogen (secondary N) is 1. The molecule has 5 nitrogen and oxygen atoms in total. The van der Waals surface area contributed by atoms with Crippen molar-refractivity contribution in [1.29, 1.82) is 0 Å². The highest BCUT2D eigenvalue weighted by Crippen LogP contribution is 2.12. The Morgan fingerprint density at radius 2 is 2.25 bits per heavy atom. The minimum absolute atomic E-state index is 0.290. The Kier molecular flexibility index (Phi) is 2.59. The van der Waals surface area contributed by atoms with E-state index in [4.69, 9.17) is 10.2 Å². The Morgan fingerprint density at radius 3 is 2.81 bits per heavy atom. The lowest BCUT2D eigenvalue weighted by atomic mass is 10.2. The Hall–Kier alpha value is -2.30. The molecule has 0 aliphatic carbocycles. The van der Waals surface area contributed by atoms with Crippen molar-refractivity contribution in [2.24, 2.45) is 0 Å². The quantitative estimate of drug-likeness (QED) is 0.803. The Morgan fingerprint density at radius 1 is 1.44 bits per heavy atom. The molecule has 0 aromatic carbocycles. The van der Waals surface area contributed by atoms with Crippen molar-refractivity contribution in [2.45, 2.75) is 6.92 Å². The van der Waals surface area contributed by atoms with Gasteiger partial charge in [-0.05, 0) is 25.1 Å². The van der Waals surface area contributed by atoms with Crippen molar-refractivity contribution >= 4 is 17.4 Å². The molecule has 0 atom stereocenters. The van der Waals surface area contributed by atoms with E-state index in [2.05, 4.69) is 10.3 Å². The summed E-state index contributed by atoms with van der Waals surface area (Å²) in [5.41, 5.74) is 6.82. The predicted molar refractivity (Wildman–Crippen MR) is 60.0 cm³/mol. The van der Waals surface area contributed by atoms with Crippen LogP contribution in [-0.4, -0.2) is 10.9 Å². The number of nitrogen functional groups attached to an aromatic ring is 1. The summed E-state index contributed by atoms with van der Waals surface area (Å²) < 4.78 is 5.06. The first-order valence-electron chi connectivity index (χ1n) is 4.74. The highest BCUT2D eigenvalue weighted by atomic mass is 16.3. The molecule has 1 amide bonds. The molecule has 16 heavy (non-hydrogen) atoms. The van der Waals surface area contributed by atoms with E-state index >= 15 is 0 Å². The fourth-order valence-electron chi connectivity index (χ4n) is 1.26. The summed E-state index contributed by atoms with van der Waals surface area (Å²) >= 11 is 0. The zero-order chi connectivity index (χ0) is 11.5. The van der Waals surface area contributed by atoms with Crippen LogP contribution in [0.3, 0.4) is 0 Å². The molecule has 0 aliphatic rings. The number of nitrogens with two attached hydrogens (primary N) is 1. The molecule has 2 heterocycles. The molecule has 0 saturated carbocycles. The summed E-state index contributed by atoms with van der Waals surface area (Å²) in [5, 5.41) is 2.61. The molecule has 0 aliphatic heterocycles. The van der Waals surface area contributed by atoms with Crippen LogP contribution in [0.5, 0.6) is 0 Å². The number of aromatic nitrogens is 1. The number of hydrogen-bond donors (Lipinski definition) is 2. The molecule has 2 aromatic heterocycles. The molecule has 0 bridgehead atoms. The van der Waals surface area contributed by atoms with E-state index in [9.17, 15) is 4.79 Å². The van der Waals surface area contributed by atoms with E-state index in [1.165, 1.54) is 12.5 Å². The van der Waals surface area contributed by atoms with Crippen LogP contribution in [0.4, 0.5) is 11.5 Å². The molecule has 3 N–H and O–H groups in total. The molecule has 0 unspecified atom stereocenters. The van der Waals surface area contributed by atoms with Crippen molar-refractivity contribution in [3.63, 3.8) is 0 Å². The third-order valence-corrected chi connectivity index (χ3v) is 2.10. The molecular formula is C11H11N3O2. The first-order valence-corrected chi connectivity index (χ1v) is 4.74. The summed E-state index contributed by atoms with van der Waals surface area (Å²) in [6.45, 7) is 1.80. The number of furan rings is 1. The minimum atomic E-state index is -0.320. The Balaban J connectivity index is 2.14. The van der Waals surface area contributed by atoms with E-state index in [1.807, 2.05) is 0 Å². The summed E-state index contributed by atoms with van der Waals surface area (Å²) in [6, 6.07) is 5.02. The predicted octanol–water partition coefficient (Wildman–Crippen LogP) is 1.82. The molecule has 0 fully saturated rings. The van der Waals surface area contributed by atoms with Crippen molar-refractivity contribution in [2.75, 3.05) is 11.1 Å². The van der Waals surface area contributed by atoms with E-state index in [-0.39, 0.29) is 5.91 Å². The Bertz CT molecular complexity index is 502. The number of pyridine rings is 1. The number of carbonyl (C=O) groups is 1. The zero-order valence-corrected chi connectivity index (χ0v) is 8.73. The molecule has 0 radical (unpaired) electrons. The van der Waals surface area contributed by atoms with Gasteiger partial charge < -0.3 is 15.5 Å². The highest BCUT2D eigenvalue weighted by molar-refractivity contribution is 6.02. The van der Waals surface area contributed by atoms with E-state index in [1.54, 1.807) is 25.1 Å². The largest absolute Gasteiger partial charge is 0.459 e. The van der Waals surface area contributed by atoms with Gasteiger partial charge in [-0.25, -0.2) is 4.98 Å². The van der Waals surface area contributed by atoms with E-state index in [0.717, 1.165) is 5.56 Å². The number of anilines is 2. The van der Waals surface area contributed by atoms with Crippen molar-refractivity contribution in [3.8, 4) is 0 Å². The standard InChI is InChI=1S/C11H11N3O2/c1-7-4-5-16-10(7)11(15)14-9-3-2-8(12)6-13-9/h2-6H,12H2,1H3,(H,13,14,15). The second-order valence-electron chi connectivity index (χ2n) is 3.36. The van der Waals surface area contributed by atoms with Crippen LogP contribution in [0.2, 0.25) is 0 Å². The zero-order valence-electron chi connectivity index (χ0n) is 8.73. The number of rotatable bonds is 2. The molecule has 0 saturated heterocycles. The van der Waals surface area contributed by atoms with Crippen molar-refractivity contribution in [1.82, 2.24) is 4.98 Å². The minimum Gasteiger partial charge on any atom is -0.459 e. The molecule has 5 heteroatoms. The van der Waals surface area contributed by atoms with E-state index in [0.29, 0.717) is 17.3 Å². The maximum Gasteiger partial charge on any atom is 0.292 e. The average Bonchev–Trinajstić information content (AvgIpc) is 2.68. The summed E-state index contributed by atoms with van der Waals surface area (Å²) in [5.74, 6) is 0.411. The highest BCUT2D eigenvalue weighted by Gasteiger charge is 2.12. The SMILES string of the molecule is Cc1ccoc1C(=O)Nc1ccc(N)cn1. The van der Waals surface area contributed by atoms with Gasteiger partial charge in [0.25, 0.3) is 5.91 Å². The van der Waals surface area contributed by atoms with Gasteiger partial charge in [-0.2, -0.15) is 0 Å². The van der Waals surface area contributed by atoms with Gasteiger partial charge in [0.05, 0.1) is 18.1 Å². The summed E-state index contributed by atoms with van der Waals surface area (Å²) in [4.78, 5) is 15.7. The van der Waals surface area contributed by atoms with Crippen LogP contribution in [-0.2, 0) is 0 Å². The fourth-order valence-corrected chi connectivity index (χ4v) is 1.26. The van der Waals surface area contributed by atoms with E-state index < -0.39 is 0 Å². The third-order valence-electron chi connectivity index (χ3n) is 2.10. The van der Waals surface area contributed by atoms with Gasteiger partial charge in [0.15, 0.2) is 5.76 Å². The maximum absolute atomic E-state index is 11.7. The normalized spacial score (nSPS) is 10.1. The van der Waals surface area contributed by atoms with Gasteiger partial charge in [0, 0.05) is 5.56 Å². The molecule has 2 rings (SSSR count). The lowest BCUT2D eigenvalue weighted by molar-refractivity contribution is 0.0995. The van der Waals surface area contributed by atoms with Gasteiger partial charge in [-0.15, -0.1) is 0 Å². The molecule has 82 valence electrons. The molecule has 2 aromatic rings. The van der Waals surface area contributed by atoms with Gasteiger partial charge in [-0.1, -0.05) is 0 Å². The van der Waals surface area contributed by atoms with Crippen LogP contribution in [0.25, 0.3) is 0 Å². The second kappa shape index (κ2) is 4.06. The van der Waals surface area contributed by atoms with Crippen LogP contribution in [0.1, 0.15) is 16.1 Å². The number of aryl methyl sites for hydroxylation is 1. The Labute approximate surface area is 92.3 Å². The van der Waals surface area contributed by atoms with Crippen LogP contribution in [0, 0.1) is 6.92 Å². The van der Waals surface area contributed by atoms with Gasteiger partial charge in [0.2, 0.25) is 0 Å². The number of nitrogens with zero attached hydrogens (tertiary/aromatic N) is 1. The molecule has 0 spiro atoms. The smallest absolute Gasteiger partial charge is 0.292 e. The van der Waals surface area contributed by atoms with Crippen molar-refractivity contribution < 1.29 is 9.21 Å². The summed E-state index contributed by atoms with van der Waals surface area (Å²) in [7, 11) is 0. The third kappa shape index (κ3) is 2.03. The second-order valence-corrected chi connectivity index (χ2v) is 3.36. The monoisotopic (exact) mass is 217 g/mol. The first-order chi connectivity index (χ1) is 7.66. The number of amides is 1. The molecular weight excluding hydrogens is 206 g/mol. The number of hydrogen-bond acceptors (Lipinski definition) is 4. The lowest BCUT2D eigenvalue weighted by Crippen LogP contribution is -2.13. The van der Waals surface area contributed by atoms with Crippen molar-refractivity contribution in [3.05, 3.63) is 42.0 Å². The average molecular weight is 217 g/mol. The van der Waals surface area contributed by atoms with Crippen LogP contribution in [0.15, 0.2) is 35.1 Å². The number of carbonyl (C=O) groups excluding carboxylic acids is 1. The lowest BCUT2D eigenvalue weighted by Gasteiger charge is -2.02. The first kappa shape index (κ1) is 10.2. The fraction of sp³-hybridized carbons (Fsp3) is 0.0909. The van der Waals surface area contributed by atoms with Crippen LogP contribution >= 0.6 is 0 Å². The topological polar surface area (TPSA) is 81.2 Å². The van der Waals surface area contributed by atoms with Gasteiger partial charge in [0.1, 0.15) is 5.82 Å². The summed E-state index contributed by atoms with van der Waals surface area (Å²) in [6.07, 6.45) is 2.95. The van der Waals surface area contributed by atoms with Gasteiger partial charge >= 0.3 is 0 Å². The van der Waals surface area contributed by atoms with Crippen LogP contribution < -0.4 is 11.1 Å². The maximum atomic E-state index is 11.7.